The van der Waals surface area contributed by atoms with E-state index in [2.05, 4.69) is 20.8 Å². The summed E-state index contributed by atoms with van der Waals surface area (Å²) in [5, 5.41) is 0. The van der Waals surface area contributed by atoms with Crippen LogP contribution in [0.5, 0.6) is 0 Å². The fourth-order valence-electron chi connectivity index (χ4n) is 2.28. The van der Waals surface area contributed by atoms with Gasteiger partial charge in [-0.25, -0.2) is 4.79 Å². The van der Waals surface area contributed by atoms with Crippen molar-refractivity contribution < 1.29 is 9.53 Å². The first-order valence-corrected chi connectivity index (χ1v) is 8.78. The van der Waals surface area contributed by atoms with Crippen LogP contribution in [0.15, 0.2) is 0 Å². The van der Waals surface area contributed by atoms with Gasteiger partial charge >= 0.3 is 6.09 Å². The molecule has 0 aromatic carbocycles. The summed E-state index contributed by atoms with van der Waals surface area (Å²) in [6, 6.07) is 0. The van der Waals surface area contributed by atoms with Crippen molar-refractivity contribution in [3.05, 3.63) is 0 Å². The molecule has 0 saturated carbocycles. The predicted octanol–water partition coefficient (Wildman–Crippen LogP) is 5.63. The third-order valence-electron chi connectivity index (χ3n) is 3.53. The van der Waals surface area contributed by atoms with Crippen LogP contribution in [0, 0.1) is 5.92 Å². The maximum absolute atomic E-state index is 11.5. The van der Waals surface area contributed by atoms with Crippen molar-refractivity contribution in [1.29, 1.82) is 0 Å². The topological polar surface area (TPSA) is 29.5 Å². The Hall–Kier alpha value is -0.730. The average Bonchev–Trinajstić information content (AvgIpc) is 2.80. The minimum absolute atomic E-state index is 0.170. The lowest BCUT2D eigenvalue weighted by Crippen LogP contribution is -2.35. The zero-order valence-electron chi connectivity index (χ0n) is 15.2. The van der Waals surface area contributed by atoms with Crippen molar-refractivity contribution in [2.75, 3.05) is 13.1 Å². The number of carbonyl (C=O) groups excluding carboxylic acids is 1. The summed E-state index contributed by atoms with van der Waals surface area (Å²) in [5.74, 6) is 0.618. The average molecular weight is 299 g/mol. The molecule has 1 fully saturated rings. The van der Waals surface area contributed by atoms with E-state index >= 15 is 0 Å². The zero-order chi connectivity index (χ0) is 16.3. The molecule has 3 heteroatoms. The molecule has 1 heterocycles. The van der Waals surface area contributed by atoms with Gasteiger partial charge in [-0.15, -0.1) is 0 Å². The van der Waals surface area contributed by atoms with E-state index < -0.39 is 0 Å². The van der Waals surface area contributed by atoms with Gasteiger partial charge in [0.05, 0.1) is 0 Å². The number of rotatable bonds is 5. The molecule has 126 valence electrons. The highest BCUT2D eigenvalue weighted by atomic mass is 16.6. The summed E-state index contributed by atoms with van der Waals surface area (Å²) >= 11 is 0. The lowest BCUT2D eigenvalue weighted by atomic mass is 10.1. The summed E-state index contributed by atoms with van der Waals surface area (Å²) in [6.45, 7) is 14.0. The molecule has 0 bridgehead atoms. The molecule has 0 aromatic rings. The summed E-state index contributed by atoms with van der Waals surface area (Å²) in [7, 11) is 0. The first-order valence-electron chi connectivity index (χ1n) is 8.78. The van der Waals surface area contributed by atoms with Crippen LogP contribution >= 0.6 is 0 Å². The Morgan fingerprint density at radius 3 is 1.95 bits per heavy atom. The monoisotopic (exact) mass is 299 g/mol. The molecule has 1 rings (SSSR count). The highest BCUT2D eigenvalue weighted by molar-refractivity contribution is 5.68. The van der Waals surface area contributed by atoms with E-state index in [-0.39, 0.29) is 11.7 Å². The summed E-state index contributed by atoms with van der Waals surface area (Å²) < 4.78 is 5.26. The van der Waals surface area contributed by atoms with Gasteiger partial charge in [0.25, 0.3) is 0 Å². The quantitative estimate of drug-likeness (QED) is 0.616. The van der Waals surface area contributed by atoms with E-state index in [1.165, 1.54) is 38.5 Å². The number of ether oxygens (including phenoxy) is 1. The van der Waals surface area contributed by atoms with Crippen LogP contribution in [0.3, 0.4) is 0 Å². The Morgan fingerprint density at radius 2 is 1.62 bits per heavy atom. The standard InChI is InChI=1S/C10H19NO2.C8H18/c1-8-5-6-11(7-8)9(12)13-10(2,3)4;1-3-5-7-8-6-4-2/h8H,5-7H2,1-4H3;3-8H2,1-2H3. The Kier molecular flexibility index (Phi) is 10.5. The van der Waals surface area contributed by atoms with E-state index in [1.807, 2.05) is 20.8 Å². The van der Waals surface area contributed by atoms with Gasteiger partial charge in [-0.05, 0) is 33.1 Å². The van der Waals surface area contributed by atoms with E-state index in [9.17, 15) is 4.79 Å². The lowest BCUT2D eigenvalue weighted by molar-refractivity contribution is 0.0289. The minimum Gasteiger partial charge on any atom is -0.444 e. The summed E-state index contributed by atoms with van der Waals surface area (Å²) in [5.41, 5.74) is -0.372. The molecular weight excluding hydrogens is 262 g/mol. The molecule has 0 radical (unpaired) electrons. The number of unbranched alkanes of at least 4 members (excludes halogenated alkanes) is 5. The van der Waals surface area contributed by atoms with Crippen molar-refractivity contribution in [3.8, 4) is 0 Å². The van der Waals surface area contributed by atoms with E-state index in [0.29, 0.717) is 5.92 Å². The number of hydrogen-bond acceptors (Lipinski definition) is 2. The maximum Gasteiger partial charge on any atom is 0.410 e. The largest absolute Gasteiger partial charge is 0.444 e. The molecule has 0 aromatic heterocycles. The second kappa shape index (κ2) is 10.9. The number of hydrogen-bond donors (Lipinski definition) is 0. The van der Waals surface area contributed by atoms with Crippen LogP contribution in [0.4, 0.5) is 4.79 Å². The number of amides is 1. The molecule has 0 aliphatic carbocycles. The highest BCUT2D eigenvalue weighted by Gasteiger charge is 2.27. The minimum atomic E-state index is -0.372. The molecule has 0 spiro atoms. The molecule has 1 amide bonds. The van der Waals surface area contributed by atoms with Crippen LogP contribution in [0.2, 0.25) is 0 Å². The lowest BCUT2D eigenvalue weighted by Gasteiger charge is -2.24. The van der Waals surface area contributed by atoms with Gasteiger partial charge in [0.15, 0.2) is 0 Å². The number of nitrogens with zero attached hydrogens (tertiary/aromatic N) is 1. The van der Waals surface area contributed by atoms with Gasteiger partial charge in [0, 0.05) is 13.1 Å². The summed E-state index contributed by atoms with van der Waals surface area (Å²) in [4.78, 5) is 13.3. The Bertz CT molecular complexity index is 265. The van der Waals surface area contributed by atoms with Crippen LogP contribution in [-0.2, 0) is 4.74 Å². The van der Waals surface area contributed by atoms with Gasteiger partial charge in [-0.3, -0.25) is 0 Å². The van der Waals surface area contributed by atoms with Crippen LogP contribution in [-0.4, -0.2) is 29.7 Å². The second-order valence-corrected chi connectivity index (χ2v) is 7.23. The molecular formula is C18H37NO2. The van der Waals surface area contributed by atoms with Crippen LogP contribution < -0.4 is 0 Å². The normalized spacial score (nSPS) is 18.2. The molecule has 1 atom stereocenters. The zero-order valence-corrected chi connectivity index (χ0v) is 15.2. The second-order valence-electron chi connectivity index (χ2n) is 7.23. The fraction of sp³-hybridized carbons (Fsp3) is 0.944. The molecule has 3 nitrogen and oxygen atoms in total. The van der Waals surface area contributed by atoms with Gasteiger partial charge in [0.2, 0.25) is 0 Å². The fourth-order valence-corrected chi connectivity index (χ4v) is 2.28. The SMILES string of the molecule is CC1CCN(C(=O)OC(C)(C)C)C1.CCCCCCCC. The molecule has 0 N–H and O–H groups in total. The number of likely N-dealkylation sites (tertiary alicyclic amines) is 1. The van der Waals surface area contributed by atoms with E-state index in [0.717, 1.165) is 19.5 Å². The van der Waals surface area contributed by atoms with Gasteiger partial charge in [-0.1, -0.05) is 59.3 Å². The van der Waals surface area contributed by atoms with Crippen molar-refractivity contribution in [1.82, 2.24) is 4.90 Å². The third-order valence-corrected chi connectivity index (χ3v) is 3.53. The molecule has 1 saturated heterocycles. The van der Waals surface area contributed by atoms with E-state index in [1.54, 1.807) is 4.90 Å². The van der Waals surface area contributed by atoms with Crippen LogP contribution in [0.1, 0.15) is 86.5 Å². The maximum atomic E-state index is 11.5. The molecule has 1 unspecified atom stereocenters. The van der Waals surface area contributed by atoms with E-state index in [4.69, 9.17) is 4.74 Å². The predicted molar refractivity (Wildman–Crippen MR) is 90.6 cm³/mol. The third kappa shape index (κ3) is 11.6. The highest BCUT2D eigenvalue weighted by Crippen LogP contribution is 2.18. The first-order chi connectivity index (χ1) is 9.80. The van der Waals surface area contributed by atoms with Gasteiger partial charge in [-0.2, -0.15) is 0 Å². The molecule has 1 aliphatic heterocycles. The Labute approximate surface area is 132 Å². The number of carbonyl (C=O) groups is 1. The van der Waals surface area contributed by atoms with Crippen molar-refractivity contribution in [2.24, 2.45) is 5.92 Å². The van der Waals surface area contributed by atoms with Gasteiger partial charge in [0.1, 0.15) is 5.60 Å². The van der Waals surface area contributed by atoms with Crippen molar-refractivity contribution in [2.45, 2.75) is 92.1 Å². The van der Waals surface area contributed by atoms with Crippen molar-refractivity contribution >= 4 is 6.09 Å². The van der Waals surface area contributed by atoms with Crippen molar-refractivity contribution in [3.63, 3.8) is 0 Å². The Morgan fingerprint density at radius 1 is 1.10 bits per heavy atom. The molecule has 21 heavy (non-hydrogen) atoms. The smallest absolute Gasteiger partial charge is 0.410 e. The molecule has 1 aliphatic rings. The first kappa shape index (κ1) is 20.3. The Balaban J connectivity index is 0.000000433. The summed E-state index contributed by atoms with van der Waals surface area (Å²) in [6.07, 6.45) is 9.42. The van der Waals surface area contributed by atoms with Gasteiger partial charge < -0.3 is 9.64 Å². The van der Waals surface area contributed by atoms with Crippen LogP contribution in [0.25, 0.3) is 0 Å².